The average molecular weight is 177 g/mol. The highest BCUT2D eigenvalue weighted by molar-refractivity contribution is 5.41. The zero-order valence-corrected chi connectivity index (χ0v) is 8.91. The molecule has 0 saturated carbocycles. The van der Waals surface area contributed by atoms with Gasteiger partial charge in [0, 0.05) is 11.4 Å². The van der Waals surface area contributed by atoms with Gasteiger partial charge in [-0.2, -0.15) is 0 Å². The lowest BCUT2D eigenvalue weighted by Gasteiger charge is -2.10. The molecule has 2 rings (SSSR count). The lowest BCUT2D eigenvalue weighted by Crippen LogP contribution is -1.96. The molecule has 72 valence electrons. The lowest BCUT2D eigenvalue weighted by atomic mass is 9.94. The first-order chi connectivity index (χ1) is 6.24. The Labute approximate surface area is 80.6 Å². The van der Waals surface area contributed by atoms with Gasteiger partial charge in [0.2, 0.25) is 0 Å². The topological polar surface area (TPSA) is 15.8 Å². The van der Waals surface area contributed by atoms with Crippen molar-refractivity contribution >= 4 is 0 Å². The van der Waals surface area contributed by atoms with E-state index in [2.05, 4.69) is 25.8 Å². The third-order valence-corrected chi connectivity index (χ3v) is 3.39. The van der Waals surface area contributed by atoms with Crippen LogP contribution in [0.2, 0.25) is 0 Å². The molecular weight excluding hydrogens is 158 g/mol. The third-order valence-electron chi connectivity index (χ3n) is 3.39. The van der Waals surface area contributed by atoms with E-state index in [1.54, 1.807) is 11.1 Å². The van der Waals surface area contributed by atoms with Gasteiger partial charge in [-0.05, 0) is 49.7 Å². The molecule has 1 heteroatoms. The van der Waals surface area contributed by atoms with Crippen LogP contribution in [0, 0.1) is 6.92 Å². The van der Waals surface area contributed by atoms with E-state index in [-0.39, 0.29) is 0 Å². The largest absolute Gasteiger partial charge is 0.362 e. The van der Waals surface area contributed by atoms with Gasteiger partial charge in [-0.1, -0.05) is 13.8 Å². The summed E-state index contributed by atoms with van der Waals surface area (Å²) < 4.78 is 0. The Balaban J connectivity index is 2.43. The number of nitrogens with one attached hydrogen (secondary N) is 1. The Kier molecular flexibility index (Phi) is 2.19. The molecule has 0 bridgehead atoms. The first kappa shape index (κ1) is 8.86. The highest BCUT2D eigenvalue weighted by Crippen LogP contribution is 2.33. The van der Waals surface area contributed by atoms with E-state index >= 15 is 0 Å². The third kappa shape index (κ3) is 1.31. The second-order valence-corrected chi connectivity index (χ2v) is 4.28. The molecule has 0 aromatic carbocycles. The van der Waals surface area contributed by atoms with Crippen molar-refractivity contribution in [1.29, 1.82) is 0 Å². The SMILES string of the molecule is CCC(C)c1c(C)[nH]c2c1CCC2. The Morgan fingerprint density at radius 2 is 2.15 bits per heavy atom. The smallest absolute Gasteiger partial charge is 0.0184 e. The number of H-pyrrole nitrogens is 1. The first-order valence-electron chi connectivity index (χ1n) is 5.44. The Hall–Kier alpha value is -0.720. The van der Waals surface area contributed by atoms with E-state index in [1.807, 2.05) is 0 Å². The molecule has 1 nitrogen and oxygen atoms in total. The highest BCUT2D eigenvalue weighted by atomic mass is 14.7. The quantitative estimate of drug-likeness (QED) is 0.713. The Morgan fingerprint density at radius 3 is 2.85 bits per heavy atom. The molecule has 0 saturated heterocycles. The summed E-state index contributed by atoms with van der Waals surface area (Å²) in [5.74, 6) is 0.734. The van der Waals surface area contributed by atoms with Gasteiger partial charge in [0.15, 0.2) is 0 Å². The van der Waals surface area contributed by atoms with Crippen LogP contribution < -0.4 is 0 Å². The molecule has 1 heterocycles. The number of hydrogen-bond acceptors (Lipinski definition) is 0. The number of rotatable bonds is 2. The second kappa shape index (κ2) is 3.21. The molecule has 0 aliphatic heterocycles. The summed E-state index contributed by atoms with van der Waals surface area (Å²) in [5.41, 5.74) is 6.20. The van der Waals surface area contributed by atoms with Gasteiger partial charge in [0.05, 0.1) is 0 Å². The maximum Gasteiger partial charge on any atom is 0.0184 e. The molecule has 1 unspecified atom stereocenters. The molecule has 1 aliphatic rings. The molecule has 1 aromatic heterocycles. The maximum atomic E-state index is 3.54. The van der Waals surface area contributed by atoms with Crippen LogP contribution in [0.5, 0.6) is 0 Å². The molecule has 0 fully saturated rings. The summed E-state index contributed by atoms with van der Waals surface area (Å²) in [6.45, 7) is 6.84. The number of aromatic amines is 1. The summed E-state index contributed by atoms with van der Waals surface area (Å²) in [7, 11) is 0. The van der Waals surface area contributed by atoms with Crippen molar-refractivity contribution in [3.63, 3.8) is 0 Å². The van der Waals surface area contributed by atoms with Crippen LogP contribution >= 0.6 is 0 Å². The van der Waals surface area contributed by atoms with Gasteiger partial charge < -0.3 is 4.98 Å². The molecule has 0 spiro atoms. The van der Waals surface area contributed by atoms with Crippen LogP contribution in [0.15, 0.2) is 0 Å². The van der Waals surface area contributed by atoms with E-state index in [0.29, 0.717) is 0 Å². The normalized spacial score (nSPS) is 17.5. The fraction of sp³-hybridized carbons (Fsp3) is 0.667. The van der Waals surface area contributed by atoms with Crippen molar-refractivity contribution in [1.82, 2.24) is 4.98 Å². The zero-order chi connectivity index (χ0) is 9.42. The first-order valence-corrected chi connectivity index (χ1v) is 5.44. The fourth-order valence-corrected chi connectivity index (χ4v) is 2.57. The van der Waals surface area contributed by atoms with E-state index in [4.69, 9.17) is 0 Å². The van der Waals surface area contributed by atoms with Crippen LogP contribution in [-0.4, -0.2) is 4.98 Å². The monoisotopic (exact) mass is 177 g/mol. The molecule has 1 aromatic rings. The van der Waals surface area contributed by atoms with Gasteiger partial charge in [-0.15, -0.1) is 0 Å². The van der Waals surface area contributed by atoms with E-state index in [0.717, 1.165) is 5.92 Å². The maximum absolute atomic E-state index is 3.54. The summed E-state index contributed by atoms with van der Waals surface area (Å²) in [6.07, 6.45) is 5.18. The number of fused-ring (bicyclic) bond motifs is 1. The van der Waals surface area contributed by atoms with Gasteiger partial charge in [-0.3, -0.25) is 0 Å². The molecular formula is C12H19N. The predicted molar refractivity (Wildman–Crippen MR) is 56.3 cm³/mol. The van der Waals surface area contributed by atoms with Crippen LogP contribution in [0.1, 0.15) is 55.1 Å². The van der Waals surface area contributed by atoms with Crippen LogP contribution in [-0.2, 0) is 12.8 Å². The summed E-state index contributed by atoms with van der Waals surface area (Å²) in [4.78, 5) is 3.54. The number of hydrogen-bond donors (Lipinski definition) is 1. The van der Waals surface area contributed by atoms with Crippen molar-refractivity contribution in [2.75, 3.05) is 0 Å². The minimum absolute atomic E-state index is 0.734. The van der Waals surface area contributed by atoms with Crippen molar-refractivity contribution in [2.45, 2.75) is 52.4 Å². The summed E-state index contributed by atoms with van der Waals surface area (Å²) in [6, 6.07) is 0. The molecule has 0 amide bonds. The minimum Gasteiger partial charge on any atom is -0.362 e. The highest BCUT2D eigenvalue weighted by Gasteiger charge is 2.21. The van der Waals surface area contributed by atoms with Crippen molar-refractivity contribution in [3.05, 3.63) is 22.5 Å². The van der Waals surface area contributed by atoms with Gasteiger partial charge in [-0.25, -0.2) is 0 Å². The van der Waals surface area contributed by atoms with Gasteiger partial charge >= 0.3 is 0 Å². The Morgan fingerprint density at radius 1 is 1.38 bits per heavy atom. The molecule has 1 atom stereocenters. The second-order valence-electron chi connectivity index (χ2n) is 4.28. The van der Waals surface area contributed by atoms with Gasteiger partial charge in [0.25, 0.3) is 0 Å². The zero-order valence-electron chi connectivity index (χ0n) is 8.91. The summed E-state index contributed by atoms with van der Waals surface area (Å²) >= 11 is 0. The van der Waals surface area contributed by atoms with Crippen molar-refractivity contribution in [3.8, 4) is 0 Å². The molecule has 1 aliphatic carbocycles. The van der Waals surface area contributed by atoms with Crippen LogP contribution in [0.4, 0.5) is 0 Å². The summed E-state index contributed by atoms with van der Waals surface area (Å²) in [5, 5.41) is 0. The number of aryl methyl sites for hydroxylation is 2. The predicted octanol–water partition coefficient (Wildman–Crippen LogP) is 3.33. The van der Waals surface area contributed by atoms with E-state index in [1.165, 1.54) is 37.1 Å². The lowest BCUT2D eigenvalue weighted by molar-refractivity contribution is 0.717. The van der Waals surface area contributed by atoms with E-state index in [9.17, 15) is 0 Å². The molecule has 0 radical (unpaired) electrons. The molecule has 1 N–H and O–H groups in total. The average Bonchev–Trinajstić information content (AvgIpc) is 2.62. The standard InChI is InChI=1S/C12H19N/c1-4-8(2)12-9(3)13-11-7-5-6-10(11)12/h8,13H,4-7H2,1-3H3. The van der Waals surface area contributed by atoms with Gasteiger partial charge in [0.1, 0.15) is 0 Å². The number of aromatic nitrogens is 1. The fourth-order valence-electron chi connectivity index (χ4n) is 2.57. The van der Waals surface area contributed by atoms with Crippen molar-refractivity contribution in [2.24, 2.45) is 0 Å². The Bertz CT molecular complexity index is 309. The van der Waals surface area contributed by atoms with Crippen molar-refractivity contribution < 1.29 is 0 Å². The van der Waals surface area contributed by atoms with E-state index < -0.39 is 0 Å². The molecule has 13 heavy (non-hydrogen) atoms. The van der Waals surface area contributed by atoms with Crippen LogP contribution in [0.25, 0.3) is 0 Å². The minimum atomic E-state index is 0.734. The van der Waals surface area contributed by atoms with Crippen LogP contribution in [0.3, 0.4) is 0 Å².